The van der Waals surface area contributed by atoms with Gasteiger partial charge in [0.1, 0.15) is 0 Å². The molecule has 0 spiro atoms. The molecule has 0 aromatic carbocycles. The Morgan fingerprint density at radius 2 is 1.75 bits per heavy atom. The summed E-state index contributed by atoms with van der Waals surface area (Å²) in [7, 11) is -0.761. The molecule has 0 aliphatic heterocycles. The van der Waals surface area contributed by atoms with E-state index in [0.717, 1.165) is 4.21 Å². The topological polar surface area (TPSA) is 0 Å². The van der Waals surface area contributed by atoms with Gasteiger partial charge < -0.3 is 0 Å². The Kier molecular flexibility index (Phi) is 3.42. The van der Waals surface area contributed by atoms with Crippen LogP contribution in [-0.4, -0.2) is 25.8 Å². The molecule has 1 unspecified atom stereocenters. The van der Waals surface area contributed by atoms with Gasteiger partial charge in [-0.1, -0.05) is 0 Å². The molecule has 0 aliphatic rings. The number of hydrogen-bond donors (Lipinski definition) is 0. The van der Waals surface area contributed by atoms with Crippen LogP contribution in [0.25, 0.3) is 0 Å². The van der Waals surface area contributed by atoms with Crippen LogP contribution in [0.1, 0.15) is 13.3 Å². The van der Waals surface area contributed by atoms with E-state index in [4.69, 9.17) is 0 Å². The fourth-order valence-electron chi connectivity index (χ4n) is 0.612. The van der Waals surface area contributed by atoms with Crippen molar-refractivity contribution in [3.8, 4) is 0 Å². The Morgan fingerprint density at radius 3 is 1.75 bits per heavy atom. The van der Waals surface area contributed by atoms with E-state index in [-0.39, 0.29) is 0 Å². The first kappa shape index (κ1) is 8.81. The van der Waals surface area contributed by atoms with Gasteiger partial charge in [0.2, 0.25) is 0 Å². The fraction of sp³-hybridized carbons (Fsp3) is 1.00. The first-order chi connectivity index (χ1) is 3.48. The standard InChI is InChI=1S/C6H15Si.Li/c1-5-6-7(2,3)4;/h6H,5H2,1-4H3;. The van der Waals surface area contributed by atoms with Crippen LogP contribution < -0.4 is 0 Å². The summed E-state index contributed by atoms with van der Waals surface area (Å²) in [5.74, 6) is 0. The molecule has 0 saturated heterocycles. The molecule has 0 heterocycles. The van der Waals surface area contributed by atoms with Crippen LogP contribution in [0.4, 0.5) is 0 Å². The Morgan fingerprint density at radius 1 is 1.38 bits per heavy atom. The van der Waals surface area contributed by atoms with Gasteiger partial charge in [-0.3, -0.25) is 0 Å². The summed E-state index contributed by atoms with van der Waals surface area (Å²) < 4.78 is 0.988. The molecule has 0 fully saturated rings. The van der Waals surface area contributed by atoms with Crippen molar-refractivity contribution in [3.63, 3.8) is 0 Å². The Bertz CT molecular complexity index is 65.4. The molecule has 0 N–H and O–H groups in total. The first-order valence-corrected chi connectivity index (χ1v) is 7.06. The monoisotopic (exact) mass is 122 g/mol. The predicted octanol–water partition coefficient (Wildman–Crippen LogP) is 2.23. The molecule has 0 bridgehead atoms. The summed E-state index contributed by atoms with van der Waals surface area (Å²) in [6, 6.07) is 0. The van der Waals surface area contributed by atoms with Gasteiger partial charge in [0.15, 0.2) is 0 Å². The van der Waals surface area contributed by atoms with Crippen molar-refractivity contribution in [1.82, 2.24) is 0 Å². The van der Waals surface area contributed by atoms with E-state index in [1.807, 2.05) is 0 Å². The van der Waals surface area contributed by atoms with Gasteiger partial charge in [-0.15, -0.1) is 0 Å². The summed E-state index contributed by atoms with van der Waals surface area (Å²) >= 11 is 2.37. The average Bonchev–Trinajstić information content (AvgIpc) is 1.62. The maximum atomic E-state index is 2.43. The quantitative estimate of drug-likeness (QED) is 0.493. The summed E-state index contributed by atoms with van der Waals surface area (Å²) in [5.41, 5.74) is 0. The zero-order valence-electron chi connectivity index (χ0n) is 6.78. The van der Waals surface area contributed by atoms with Crippen molar-refractivity contribution >= 4 is 25.8 Å². The van der Waals surface area contributed by atoms with E-state index in [1.54, 1.807) is 0 Å². The maximum absolute atomic E-state index is 2.43. The fourth-order valence-corrected chi connectivity index (χ4v) is 1.84. The van der Waals surface area contributed by atoms with E-state index in [0.29, 0.717) is 0 Å². The predicted molar refractivity (Wildman–Crippen MR) is 43.1 cm³/mol. The van der Waals surface area contributed by atoms with E-state index in [2.05, 4.69) is 44.3 Å². The van der Waals surface area contributed by atoms with Gasteiger partial charge >= 0.3 is 63.0 Å². The molecular formula is C6H15LiSi. The van der Waals surface area contributed by atoms with Gasteiger partial charge in [-0.2, -0.15) is 0 Å². The second kappa shape index (κ2) is 3.10. The molecule has 0 aromatic heterocycles. The number of rotatable bonds is 2. The third-order valence-electron chi connectivity index (χ3n) is 2.09. The average molecular weight is 122 g/mol. The van der Waals surface area contributed by atoms with Crippen molar-refractivity contribution in [2.24, 2.45) is 0 Å². The Hall–Kier alpha value is 0.814. The van der Waals surface area contributed by atoms with Gasteiger partial charge in [0.25, 0.3) is 0 Å². The van der Waals surface area contributed by atoms with Crippen LogP contribution in [0.3, 0.4) is 0 Å². The molecule has 2 heteroatoms. The van der Waals surface area contributed by atoms with Crippen LogP contribution >= 0.6 is 0 Å². The zero-order valence-corrected chi connectivity index (χ0v) is 7.78. The molecule has 0 radical (unpaired) electrons. The summed E-state index contributed by atoms with van der Waals surface area (Å²) in [6.07, 6.45) is 1.36. The van der Waals surface area contributed by atoms with E-state index < -0.39 is 8.07 Å². The molecule has 0 aromatic rings. The van der Waals surface area contributed by atoms with Crippen LogP contribution in [0, 0.1) is 0 Å². The normalized spacial score (nSPS) is 16.2. The Balaban J connectivity index is 3.62. The second-order valence-electron chi connectivity index (χ2n) is 3.68. The zero-order chi connectivity index (χ0) is 6.78. The van der Waals surface area contributed by atoms with Crippen molar-refractivity contribution in [3.05, 3.63) is 0 Å². The van der Waals surface area contributed by atoms with Crippen LogP contribution in [-0.2, 0) is 0 Å². The molecule has 0 aliphatic carbocycles. The van der Waals surface area contributed by atoms with Crippen molar-refractivity contribution < 1.29 is 0 Å². The molecule has 0 nitrogen and oxygen atoms in total. The van der Waals surface area contributed by atoms with Crippen molar-refractivity contribution in [1.29, 1.82) is 0 Å². The van der Waals surface area contributed by atoms with Crippen molar-refractivity contribution in [2.45, 2.75) is 37.2 Å². The Labute approximate surface area is 63.3 Å². The minimum absolute atomic E-state index is 0.761. The molecule has 44 valence electrons. The van der Waals surface area contributed by atoms with Gasteiger partial charge in [-0.05, 0) is 0 Å². The molecule has 1 atom stereocenters. The SMILES string of the molecule is [Li][CH](CC)[Si](C)(C)C. The molecule has 8 heavy (non-hydrogen) atoms. The van der Waals surface area contributed by atoms with Crippen LogP contribution in [0.2, 0.25) is 23.9 Å². The molecular weight excluding hydrogens is 107 g/mol. The van der Waals surface area contributed by atoms with Crippen molar-refractivity contribution in [2.75, 3.05) is 0 Å². The first-order valence-electron chi connectivity index (χ1n) is 3.48. The third-order valence-corrected chi connectivity index (χ3v) is 5.46. The second-order valence-corrected chi connectivity index (χ2v) is 9.39. The van der Waals surface area contributed by atoms with Gasteiger partial charge in [0, 0.05) is 0 Å². The van der Waals surface area contributed by atoms with E-state index in [1.165, 1.54) is 6.42 Å². The summed E-state index contributed by atoms with van der Waals surface area (Å²) in [4.78, 5) is 0. The molecule has 0 rings (SSSR count). The third kappa shape index (κ3) is 2.97. The van der Waals surface area contributed by atoms with Crippen LogP contribution in [0.5, 0.6) is 0 Å². The number of hydrogen-bond acceptors (Lipinski definition) is 0. The molecule has 0 amide bonds. The van der Waals surface area contributed by atoms with E-state index >= 15 is 0 Å². The van der Waals surface area contributed by atoms with Gasteiger partial charge in [-0.25, -0.2) is 0 Å². The summed E-state index contributed by atoms with van der Waals surface area (Å²) in [5, 5.41) is 0. The molecule has 0 saturated carbocycles. The van der Waals surface area contributed by atoms with Crippen LogP contribution in [0.15, 0.2) is 0 Å². The van der Waals surface area contributed by atoms with E-state index in [9.17, 15) is 0 Å². The van der Waals surface area contributed by atoms with Gasteiger partial charge in [0.05, 0.1) is 0 Å². The minimum atomic E-state index is -0.761. The summed E-state index contributed by atoms with van der Waals surface area (Å²) in [6.45, 7) is 9.58.